The Morgan fingerprint density at radius 3 is 2.70 bits per heavy atom. The molecule has 9 heteroatoms. The van der Waals surface area contributed by atoms with E-state index in [4.69, 9.17) is 14.4 Å². The minimum Gasteiger partial charge on any atom is -0.463 e. The fourth-order valence-corrected chi connectivity index (χ4v) is 3.30. The molecule has 33 heavy (non-hydrogen) atoms. The number of furan rings is 1. The lowest BCUT2D eigenvalue weighted by Crippen LogP contribution is -2.30. The lowest BCUT2D eigenvalue weighted by molar-refractivity contribution is -0.123. The molecular formula is C24H21N5O4. The van der Waals surface area contributed by atoms with Crippen molar-refractivity contribution in [3.63, 3.8) is 0 Å². The van der Waals surface area contributed by atoms with E-state index in [-0.39, 0.29) is 11.6 Å². The van der Waals surface area contributed by atoms with Crippen molar-refractivity contribution < 1.29 is 18.7 Å². The van der Waals surface area contributed by atoms with Gasteiger partial charge in [-0.1, -0.05) is 6.07 Å². The van der Waals surface area contributed by atoms with Crippen LogP contribution in [0.25, 0.3) is 22.5 Å². The van der Waals surface area contributed by atoms with Gasteiger partial charge in [-0.15, -0.1) is 0 Å². The van der Waals surface area contributed by atoms with Gasteiger partial charge in [0.2, 0.25) is 0 Å². The van der Waals surface area contributed by atoms with Gasteiger partial charge in [0.15, 0.2) is 17.5 Å². The summed E-state index contributed by atoms with van der Waals surface area (Å²) in [5.41, 5.74) is 2.03. The number of esters is 1. The molecule has 0 saturated heterocycles. The predicted octanol–water partition coefficient (Wildman–Crippen LogP) is 4.33. The molecule has 1 unspecified atom stereocenters. The summed E-state index contributed by atoms with van der Waals surface area (Å²) in [5.74, 6) is -0.717. The molecule has 1 amide bonds. The lowest BCUT2D eigenvalue weighted by atomic mass is 10.1. The van der Waals surface area contributed by atoms with Gasteiger partial charge < -0.3 is 14.5 Å². The summed E-state index contributed by atoms with van der Waals surface area (Å²) in [6, 6.07) is 13.5. The number of carbonyl (C=O) groups is 2. The number of hydrogen-bond donors (Lipinski definition) is 1. The number of nitrogens with one attached hydrogen (secondary N) is 1. The Bertz CT molecular complexity index is 1370. The van der Waals surface area contributed by atoms with E-state index in [0.29, 0.717) is 33.7 Å². The number of benzene rings is 1. The molecule has 1 N–H and O–H groups in total. The second-order valence-electron chi connectivity index (χ2n) is 7.68. The van der Waals surface area contributed by atoms with Crippen LogP contribution in [0.3, 0.4) is 0 Å². The molecule has 0 fully saturated rings. The molecule has 166 valence electrons. The van der Waals surface area contributed by atoms with Gasteiger partial charge in [-0.05, 0) is 57.2 Å². The summed E-state index contributed by atoms with van der Waals surface area (Å²) >= 11 is 0. The monoisotopic (exact) mass is 443 g/mol. The highest BCUT2D eigenvalue weighted by Crippen LogP contribution is 2.27. The van der Waals surface area contributed by atoms with Gasteiger partial charge in [0.25, 0.3) is 5.91 Å². The summed E-state index contributed by atoms with van der Waals surface area (Å²) < 4.78 is 12.6. The van der Waals surface area contributed by atoms with E-state index < -0.39 is 18.0 Å². The van der Waals surface area contributed by atoms with E-state index in [9.17, 15) is 9.59 Å². The SMILES string of the molecule is CC(OC(=O)c1cc(-c2ccco2)nc2c1cnn2C(C)C)C(=O)Nc1cccc(C#N)c1. The number of fused-ring (bicyclic) bond motifs is 1. The van der Waals surface area contributed by atoms with Crippen molar-refractivity contribution in [3.8, 4) is 17.5 Å². The van der Waals surface area contributed by atoms with Crippen LogP contribution in [-0.4, -0.2) is 32.7 Å². The molecule has 3 aromatic heterocycles. The third-order valence-electron chi connectivity index (χ3n) is 4.96. The third kappa shape index (κ3) is 4.45. The molecule has 4 aromatic rings. The number of nitriles is 1. The van der Waals surface area contributed by atoms with E-state index in [1.807, 2.05) is 19.9 Å². The number of aromatic nitrogens is 3. The molecule has 4 rings (SSSR count). The molecule has 1 aromatic carbocycles. The Balaban J connectivity index is 1.62. The van der Waals surface area contributed by atoms with Crippen molar-refractivity contribution in [1.29, 1.82) is 5.26 Å². The van der Waals surface area contributed by atoms with Crippen LogP contribution in [0.1, 0.15) is 42.7 Å². The predicted molar refractivity (Wildman–Crippen MR) is 120 cm³/mol. The average Bonchev–Trinajstić information content (AvgIpc) is 3.48. The highest BCUT2D eigenvalue weighted by Gasteiger charge is 2.24. The fraction of sp³-hybridized carbons (Fsp3) is 0.208. The van der Waals surface area contributed by atoms with Gasteiger partial charge in [0.1, 0.15) is 5.69 Å². The quantitative estimate of drug-likeness (QED) is 0.440. The molecule has 1 atom stereocenters. The van der Waals surface area contributed by atoms with Crippen molar-refractivity contribution in [2.75, 3.05) is 5.32 Å². The van der Waals surface area contributed by atoms with E-state index in [1.165, 1.54) is 19.3 Å². The summed E-state index contributed by atoms with van der Waals surface area (Å²) in [7, 11) is 0. The molecular weight excluding hydrogens is 422 g/mol. The number of nitrogens with zero attached hydrogens (tertiary/aromatic N) is 4. The van der Waals surface area contributed by atoms with Crippen molar-refractivity contribution >= 4 is 28.6 Å². The van der Waals surface area contributed by atoms with Crippen LogP contribution < -0.4 is 5.32 Å². The number of anilines is 1. The molecule has 0 aliphatic heterocycles. The van der Waals surface area contributed by atoms with Gasteiger partial charge in [0.05, 0.1) is 35.0 Å². The van der Waals surface area contributed by atoms with Crippen LogP contribution in [0.4, 0.5) is 5.69 Å². The van der Waals surface area contributed by atoms with Crippen molar-refractivity contribution in [1.82, 2.24) is 14.8 Å². The first kappa shape index (κ1) is 21.8. The maximum atomic E-state index is 13.1. The zero-order chi connectivity index (χ0) is 23.5. The topological polar surface area (TPSA) is 123 Å². The lowest BCUT2D eigenvalue weighted by Gasteiger charge is -2.14. The summed E-state index contributed by atoms with van der Waals surface area (Å²) in [6.07, 6.45) is 1.99. The van der Waals surface area contributed by atoms with Crippen LogP contribution in [0.2, 0.25) is 0 Å². The summed E-state index contributed by atoms with van der Waals surface area (Å²) in [5, 5.41) is 16.5. The maximum absolute atomic E-state index is 13.1. The van der Waals surface area contributed by atoms with Crippen molar-refractivity contribution in [3.05, 3.63) is 66.1 Å². The summed E-state index contributed by atoms with van der Waals surface area (Å²) in [4.78, 5) is 30.3. The molecule has 0 radical (unpaired) electrons. The number of carbonyl (C=O) groups excluding carboxylic acids is 2. The smallest absolute Gasteiger partial charge is 0.339 e. The van der Waals surface area contributed by atoms with Crippen LogP contribution in [0.5, 0.6) is 0 Å². The Hall–Kier alpha value is -4.45. The molecule has 3 heterocycles. The van der Waals surface area contributed by atoms with Crippen LogP contribution >= 0.6 is 0 Å². The molecule has 0 bridgehead atoms. The Kier molecular flexibility index (Phi) is 5.91. The standard InChI is InChI=1S/C24H21N5O4/c1-14(2)29-22-19(13-26-29)18(11-20(28-22)21-8-5-9-32-21)24(31)33-15(3)23(30)27-17-7-4-6-16(10-17)12-25/h4-11,13-15H,1-3H3,(H,27,30). The van der Waals surface area contributed by atoms with Gasteiger partial charge >= 0.3 is 5.97 Å². The largest absolute Gasteiger partial charge is 0.463 e. The molecule has 0 aliphatic rings. The number of rotatable bonds is 6. The minimum absolute atomic E-state index is 0.0135. The van der Waals surface area contributed by atoms with Crippen LogP contribution in [-0.2, 0) is 9.53 Å². The highest BCUT2D eigenvalue weighted by molar-refractivity contribution is 6.05. The maximum Gasteiger partial charge on any atom is 0.339 e. The molecule has 0 spiro atoms. The van der Waals surface area contributed by atoms with E-state index in [2.05, 4.69) is 15.4 Å². The van der Waals surface area contributed by atoms with E-state index in [0.717, 1.165) is 0 Å². The van der Waals surface area contributed by atoms with Crippen LogP contribution in [0, 0.1) is 11.3 Å². The van der Waals surface area contributed by atoms with Gasteiger partial charge in [0, 0.05) is 11.7 Å². The normalized spacial score (nSPS) is 11.8. The fourth-order valence-electron chi connectivity index (χ4n) is 3.30. The van der Waals surface area contributed by atoms with Crippen molar-refractivity contribution in [2.24, 2.45) is 0 Å². The minimum atomic E-state index is -1.08. The highest BCUT2D eigenvalue weighted by atomic mass is 16.5. The first-order valence-corrected chi connectivity index (χ1v) is 10.3. The second kappa shape index (κ2) is 8.96. The number of amides is 1. The van der Waals surface area contributed by atoms with E-state index >= 15 is 0 Å². The van der Waals surface area contributed by atoms with Gasteiger partial charge in [-0.2, -0.15) is 10.4 Å². The number of hydrogen-bond acceptors (Lipinski definition) is 7. The Labute approximate surface area is 189 Å². The van der Waals surface area contributed by atoms with Gasteiger partial charge in [-0.3, -0.25) is 4.79 Å². The summed E-state index contributed by atoms with van der Waals surface area (Å²) in [6.45, 7) is 5.39. The Morgan fingerprint density at radius 1 is 1.18 bits per heavy atom. The average molecular weight is 443 g/mol. The first-order chi connectivity index (χ1) is 15.9. The molecule has 9 nitrogen and oxygen atoms in total. The second-order valence-corrected chi connectivity index (χ2v) is 7.68. The number of pyridine rings is 1. The molecule has 0 aliphatic carbocycles. The van der Waals surface area contributed by atoms with E-state index in [1.54, 1.807) is 47.3 Å². The Morgan fingerprint density at radius 2 is 2.00 bits per heavy atom. The zero-order valence-corrected chi connectivity index (χ0v) is 18.3. The third-order valence-corrected chi connectivity index (χ3v) is 4.96. The van der Waals surface area contributed by atoms with Crippen LogP contribution in [0.15, 0.2) is 59.3 Å². The molecule has 0 saturated carbocycles. The first-order valence-electron chi connectivity index (χ1n) is 10.3. The van der Waals surface area contributed by atoms with Gasteiger partial charge in [-0.25, -0.2) is 14.5 Å². The number of ether oxygens (including phenoxy) is 1. The van der Waals surface area contributed by atoms with Crippen molar-refractivity contribution in [2.45, 2.75) is 32.9 Å². The zero-order valence-electron chi connectivity index (χ0n) is 18.3.